The molecule has 0 bridgehead atoms. The molecule has 0 saturated heterocycles. The van der Waals surface area contributed by atoms with Gasteiger partial charge in [0.1, 0.15) is 0 Å². The molecule has 5 heteroatoms. The number of hydrogen-bond donors (Lipinski definition) is 1. The number of esters is 1. The van der Waals surface area contributed by atoms with Crippen LogP contribution in [0.25, 0.3) is 10.9 Å². The molecule has 0 atom stereocenters. The Morgan fingerprint density at radius 1 is 1.39 bits per heavy atom. The highest BCUT2D eigenvalue weighted by atomic mass is 127. The van der Waals surface area contributed by atoms with Crippen LogP contribution < -0.4 is 5.56 Å². The van der Waals surface area contributed by atoms with Gasteiger partial charge in [-0.3, -0.25) is 4.79 Å². The summed E-state index contributed by atoms with van der Waals surface area (Å²) in [6, 6.07) is 4.99. The Morgan fingerprint density at radius 3 is 2.78 bits per heavy atom. The highest BCUT2D eigenvalue weighted by molar-refractivity contribution is 14.1. The van der Waals surface area contributed by atoms with Crippen LogP contribution in [0.3, 0.4) is 0 Å². The van der Waals surface area contributed by atoms with Crippen molar-refractivity contribution in [2.24, 2.45) is 0 Å². The van der Waals surface area contributed by atoms with Crippen molar-refractivity contribution in [3.63, 3.8) is 0 Å². The van der Waals surface area contributed by atoms with Crippen molar-refractivity contribution < 1.29 is 9.53 Å². The lowest BCUT2D eigenvalue weighted by Gasteiger charge is -2.07. The number of carbonyl (C=O) groups is 1. The van der Waals surface area contributed by atoms with Gasteiger partial charge >= 0.3 is 5.97 Å². The van der Waals surface area contributed by atoms with E-state index in [0.29, 0.717) is 12.2 Å². The number of hydrogen-bond acceptors (Lipinski definition) is 3. The number of halogens is 1. The first-order valence-electron chi connectivity index (χ1n) is 5.53. The Bertz CT molecular complexity index is 676. The van der Waals surface area contributed by atoms with Gasteiger partial charge in [0.05, 0.1) is 17.7 Å². The standard InChI is InChI=1S/C13H12INO3/c1-3-18-13(17)8-5-9-7(2)4-11(16)15-12(9)10(14)6-8/h4-6H,3H2,1-2H3,(H,15,16). The van der Waals surface area contributed by atoms with E-state index in [-0.39, 0.29) is 11.5 Å². The second-order valence-corrected chi connectivity index (χ2v) is 5.08. The molecule has 0 spiro atoms. The topological polar surface area (TPSA) is 59.2 Å². The number of aryl methyl sites for hydroxylation is 1. The number of H-pyrrole nitrogens is 1. The number of rotatable bonds is 2. The minimum atomic E-state index is -0.345. The van der Waals surface area contributed by atoms with E-state index >= 15 is 0 Å². The van der Waals surface area contributed by atoms with Crippen molar-refractivity contribution in [3.8, 4) is 0 Å². The third kappa shape index (κ3) is 2.40. The number of ether oxygens (including phenoxy) is 1. The number of nitrogens with one attached hydrogen (secondary N) is 1. The highest BCUT2D eigenvalue weighted by Crippen LogP contribution is 2.23. The lowest BCUT2D eigenvalue weighted by Crippen LogP contribution is -2.09. The summed E-state index contributed by atoms with van der Waals surface area (Å²) in [6.07, 6.45) is 0. The van der Waals surface area contributed by atoms with Crippen molar-refractivity contribution in [1.82, 2.24) is 4.98 Å². The molecule has 0 amide bonds. The fourth-order valence-corrected chi connectivity index (χ4v) is 2.57. The van der Waals surface area contributed by atoms with Gasteiger partial charge in [0.2, 0.25) is 5.56 Å². The van der Waals surface area contributed by atoms with Gasteiger partial charge in [-0.25, -0.2) is 4.79 Å². The molecule has 0 aliphatic heterocycles. The maximum Gasteiger partial charge on any atom is 0.338 e. The first-order valence-corrected chi connectivity index (χ1v) is 6.61. The Balaban J connectivity index is 2.69. The Labute approximate surface area is 117 Å². The summed E-state index contributed by atoms with van der Waals surface area (Å²) in [5.41, 5.74) is 1.97. The summed E-state index contributed by atoms with van der Waals surface area (Å²) in [7, 11) is 0. The largest absolute Gasteiger partial charge is 0.462 e. The molecule has 1 aromatic carbocycles. The molecule has 0 aliphatic rings. The van der Waals surface area contributed by atoms with Crippen LogP contribution in [0.15, 0.2) is 23.0 Å². The lowest BCUT2D eigenvalue weighted by molar-refractivity contribution is 0.0526. The molecule has 94 valence electrons. The van der Waals surface area contributed by atoms with Gasteiger partial charge in [0.15, 0.2) is 0 Å². The smallest absolute Gasteiger partial charge is 0.338 e. The van der Waals surface area contributed by atoms with E-state index in [1.165, 1.54) is 6.07 Å². The molecule has 2 rings (SSSR count). The predicted molar refractivity (Wildman–Crippen MR) is 78.0 cm³/mol. The van der Waals surface area contributed by atoms with Gasteiger partial charge in [-0.2, -0.15) is 0 Å². The second kappa shape index (κ2) is 5.09. The summed E-state index contributed by atoms with van der Waals surface area (Å²) in [5.74, 6) is -0.345. The van der Waals surface area contributed by atoms with E-state index in [1.807, 2.05) is 6.92 Å². The van der Waals surface area contributed by atoms with Gasteiger partial charge in [-0.1, -0.05) is 0 Å². The fourth-order valence-electron chi connectivity index (χ4n) is 1.81. The monoisotopic (exact) mass is 357 g/mol. The molecule has 18 heavy (non-hydrogen) atoms. The first-order chi connectivity index (χ1) is 8.52. The number of benzene rings is 1. The van der Waals surface area contributed by atoms with E-state index in [9.17, 15) is 9.59 Å². The van der Waals surface area contributed by atoms with Gasteiger partial charge in [-0.15, -0.1) is 0 Å². The maximum atomic E-state index is 11.7. The summed E-state index contributed by atoms with van der Waals surface area (Å²) < 4.78 is 5.81. The quantitative estimate of drug-likeness (QED) is 0.664. The molecular formula is C13H12INO3. The fraction of sp³-hybridized carbons (Fsp3) is 0.231. The van der Waals surface area contributed by atoms with Crippen LogP contribution >= 0.6 is 22.6 Å². The van der Waals surface area contributed by atoms with Crippen LogP contribution in [-0.2, 0) is 4.74 Å². The van der Waals surface area contributed by atoms with Gasteiger partial charge in [-0.05, 0) is 54.1 Å². The van der Waals surface area contributed by atoms with Gasteiger partial charge in [0, 0.05) is 15.0 Å². The maximum absolute atomic E-state index is 11.7. The van der Waals surface area contributed by atoms with Crippen molar-refractivity contribution in [2.45, 2.75) is 13.8 Å². The summed E-state index contributed by atoms with van der Waals surface area (Å²) in [6.45, 7) is 3.97. The van der Waals surface area contributed by atoms with E-state index in [4.69, 9.17) is 4.74 Å². The van der Waals surface area contributed by atoms with Crippen molar-refractivity contribution in [2.75, 3.05) is 6.61 Å². The van der Waals surface area contributed by atoms with Crippen LogP contribution in [0.5, 0.6) is 0 Å². The minimum absolute atomic E-state index is 0.137. The zero-order valence-corrected chi connectivity index (χ0v) is 12.2. The number of fused-ring (bicyclic) bond motifs is 1. The number of aromatic amines is 1. The molecule has 0 fully saturated rings. The first kappa shape index (κ1) is 13.1. The summed E-state index contributed by atoms with van der Waals surface area (Å²) >= 11 is 2.10. The number of aromatic nitrogens is 1. The molecule has 1 heterocycles. The van der Waals surface area contributed by atoms with Gasteiger partial charge < -0.3 is 9.72 Å². The molecular weight excluding hydrogens is 345 g/mol. The predicted octanol–water partition coefficient (Wildman–Crippen LogP) is 2.62. The molecule has 1 N–H and O–H groups in total. The van der Waals surface area contributed by atoms with Crippen LogP contribution in [0.2, 0.25) is 0 Å². The zero-order valence-electron chi connectivity index (χ0n) is 10.0. The minimum Gasteiger partial charge on any atom is -0.462 e. The van der Waals surface area contributed by atoms with Crippen molar-refractivity contribution >= 4 is 39.5 Å². The van der Waals surface area contributed by atoms with Crippen LogP contribution in [0.1, 0.15) is 22.8 Å². The molecule has 0 aliphatic carbocycles. The van der Waals surface area contributed by atoms with E-state index in [0.717, 1.165) is 20.0 Å². The lowest BCUT2D eigenvalue weighted by atomic mass is 10.1. The second-order valence-electron chi connectivity index (χ2n) is 3.92. The molecule has 1 aromatic heterocycles. The Kier molecular flexibility index (Phi) is 3.70. The molecule has 0 saturated carbocycles. The molecule has 4 nitrogen and oxygen atoms in total. The molecule has 0 radical (unpaired) electrons. The Morgan fingerprint density at radius 2 is 2.11 bits per heavy atom. The Hall–Kier alpha value is -1.37. The van der Waals surface area contributed by atoms with E-state index in [2.05, 4.69) is 27.6 Å². The number of pyridine rings is 1. The van der Waals surface area contributed by atoms with Crippen LogP contribution in [-0.4, -0.2) is 17.6 Å². The number of carbonyl (C=O) groups excluding carboxylic acids is 1. The van der Waals surface area contributed by atoms with Crippen LogP contribution in [0, 0.1) is 10.5 Å². The summed E-state index contributed by atoms with van der Waals surface area (Å²) in [4.78, 5) is 25.9. The zero-order chi connectivity index (χ0) is 13.3. The van der Waals surface area contributed by atoms with Crippen molar-refractivity contribution in [1.29, 1.82) is 0 Å². The third-order valence-corrected chi connectivity index (χ3v) is 3.47. The third-order valence-electron chi connectivity index (χ3n) is 2.62. The van der Waals surface area contributed by atoms with Crippen LogP contribution in [0.4, 0.5) is 0 Å². The SMILES string of the molecule is CCOC(=O)c1cc(I)c2[nH]c(=O)cc(C)c2c1. The normalized spacial score (nSPS) is 10.6. The van der Waals surface area contributed by atoms with Crippen molar-refractivity contribution in [3.05, 3.63) is 43.2 Å². The molecule has 0 unspecified atom stereocenters. The average molecular weight is 357 g/mol. The van der Waals surface area contributed by atoms with E-state index in [1.54, 1.807) is 19.1 Å². The molecule has 2 aromatic rings. The average Bonchev–Trinajstić information content (AvgIpc) is 2.30. The van der Waals surface area contributed by atoms with E-state index < -0.39 is 0 Å². The highest BCUT2D eigenvalue weighted by Gasteiger charge is 2.11. The summed E-state index contributed by atoms with van der Waals surface area (Å²) in [5, 5.41) is 0.865. The van der Waals surface area contributed by atoms with Gasteiger partial charge in [0.25, 0.3) is 0 Å².